The third kappa shape index (κ3) is 2.49. The van der Waals surface area contributed by atoms with Gasteiger partial charge in [-0.3, -0.25) is 0 Å². The smallest absolute Gasteiger partial charge is 0.336 e. The lowest BCUT2D eigenvalue weighted by Crippen LogP contribution is -2.54. The van der Waals surface area contributed by atoms with Crippen molar-refractivity contribution in [3.63, 3.8) is 0 Å². The van der Waals surface area contributed by atoms with E-state index in [-0.39, 0.29) is 11.9 Å². The predicted molar refractivity (Wildman–Crippen MR) is 84.4 cm³/mol. The van der Waals surface area contributed by atoms with Gasteiger partial charge in [0.05, 0.1) is 5.57 Å². The van der Waals surface area contributed by atoms with Crippen LogP contribution in [0.25, 0.3) is 0 Å². The van der Waals surface area contributed by atoms with Crippen LogP contribution in [-0.2, 0) is 9.53 Å². The van der Waals surface area contributed by atoms with Gasteiger partial charge in [-0.05, 0) is 26.8 Å². The topological polar surface area (TPSA) is 47.6 Å². The average molecular weight is 299 g/mol. The van der Waals surface area contributed by atoms with Crippen molar-refractivity contribution in [3.05, 3.63) is 53.3 Å². The highest BCUT2D eigenvalue weighted by Crippen LogP contribution is 2.47. The highest BCUT2D eigenvalue weighted by molar-refractivity contribution is 5.91. The van der Waals surface area contributed by atoms with E-state index in [4.69, 9.17) is 9.47 Å². The zero-order chi connectivity index (χ0) is 15.7. The first-order valence-corrected chi connectivity index (χ1v) is 7.59. The van der Waals surface area contributed by atoms with E-state index in [9.17, 15) is 4.79 Å². The molecule has 0 amide bonds. The quantitative estimate of drug-likeness (QED) is 0.687. The second-order valence-corrected chi connectivity index (χ2v) is 5.96. The minimum absolute atomic E-state index is 0.00862. The number of carbonyl (C=O) groups excluding carboxylic acids is 1. The Morgan fingerprint density at radius 2 is 2.27 bits per heavy atom. The number of nitrogens with one attached hydrogen (secondary N) is 1. The van der Waals surface area contributed by atoms with Crippen molar-refractivity contribution in [1.29, 1.82) is 0 Å². The first-order chi connectivity index (χ1) is 10.5. The van der Waals surface area contributed by atoms with E-state index in [1.807, 2.05) is 57.2 Å². The lowest BCUT2D eigenvalue weighted by molar-refractivity contribution is -0.138. The molecule has 2 aliphatic heterocycles. The Kier molecular flexibility index (Phi) is 3.69. The van der Waals surface area contributed by atoms with Gasteiger partial charge in [0.2, 0.25) is 0 Å². The molecule has 4 nitrogen and oxygen atoms in total. The Labute approximate surface area is 130 Å². The highest BCUT2D eigenvalue weighted by atomic mass is 16.5. The van der Waals surface area contributed by atoms with Crippen molar-refractivity contribution in [2.75, 3.05) is 6.61 Å². The molecule has 22 heavy (non-hydrogen) atoms. The fourth-order valence-corrected chi connectivity index (χ4v) is 3.30. The number of benzene rings is 1. The van der Waals surface area contributed by atoms with Gasteiger partial charge in [-0.2, -0.15) is 0 Å². The van der Waals surface area contributed by atoms with Crippen molar-refractivity contribution >= 4 is 5.97 Å². The largest absolute Gasteiger partial charge is 0.468 e. The lowest BCUT2D eigenvalue weighted by atomic mass is 9.78. The summed E-state index contributed by atoms with van der Waals surface area (Å²) in [5.74, 6) is 0.584. The van der Waals surface area contributed by atoms with Crippen LogP contribution in [0.3, 0.4) is 0 Å². The number of ether oxygens (including phenoxy) is 2. The van der Waals surface area contributed by atoms with E-state index in [0.29, 0.717) is 12.2 Å². The first-order valence-electron chi connectivity index (χ1n) is 7.59. The van der Waals surface area contributed by atoms with Crippen LogP contribution in [-0.4, -0.2) is 18.3 Å². The van der Waals surface area contributed by atoms with Gasteiger partial charge in [-0.15, -0.1) is 0 Å². The van der Waals surface area contributed by atoms with Crippen LogP contribution in [0.15, 0.2) is 47.7 Å². The molecule has 4 heteroatoms. The molecule has 1 aromatic carbocycles. The molecule has 1 aromatic rings. The second kappa shape index (κ2) is 5.52. The van der Waals surface area contributed by atoms with E-state index in [0.717, 1.165) is 23.4 Å². The average Bonchev–Trinajstić information content (AvgIpc) is 2.46. The molecule has 0 fully saturated rings. The monoisotopic (exact) mass is 299 g/mol. The minimum Gasteiger partial charge on any atom is -0.468 e. The van der Waals surface area contributed by atoms with Crippen molar-refractivity contribution in [2.45, 2.75) is 38.8 Å². The molecule has 2 bridgehead atoms. The van der Waals surface area contributed by atoms with Crippen LogP contribution in [0.2, 0.25) is 0 Å². The highest BCUT2D eigenvalue weighted by Gasteiger charge is 2.45. The van der Waals surface area contributed by atoms with Gasteiger partial charge in [0.25, 0.3) is 0 Å². The third-order valence-corrected chi connectivity index (χ3v) is 4.19. The van der Waals surface area contributed by atoms with Crippen molar-refractivity contribution in [1.82, 2.24) is 5.32 Å². The third-order valence-electron chi connectivity index (χ3n) is 4.19. The van der Waals surface area contributed by atoms with Crippen LogP contribution in [0, 0.1) is 0 Å². The first kappa shape index (κ1) is 14.7. The van der Waals surface area contributed by atoms with Gasteiger partial charge in [0.1, 0.15) is 12.4 Å². The van der Waals surface area contributed by atoms with Crippen LogP contribution < -0.4 is 10.1 Å². The molecule has 0 aliphatic carbocycles. The van der Waals surface area contributed by atoms with Gasteiger partial charge < -0.3 is 14.8 Å². The maximum absolute atomic E-state index is 12.5. The summed E-state index contributed by atoms with van der Waals surface area (Å²) < 4.78 is 11.4. The number of hydrogen-bond acceptors (Lipinski definition) is 4. The van der Waals surface area contributed by atoms with Gasteiger partial charge in [-0.25, -0.2) is 4.79 Å². The Hall–Kier alpha value is -2.23. The molecule has 0 unspecified atom stereocenters. The van der Waals surface area contributed by atoms with Crippen LogP contribution in [0.5, 0.6) is 5.75 Å². The summed E-state index contributed by atoms with van der Waals surface area (Å²) in [5.41, 5.74) is 2.12. The molecule has 2 aliphatic rings. The number of carbonyl (C=O) groups is 1. The van der Waals surface area contributed by atoms with Crippen molar-refractivity contribution < 1.29 is 14.3 Å². The number of para-hydroxylation sites is 1. The molecule has 0 aromatic heterocycles. The Morgan fingerprint density at radius 1 is 1.50 bits per heavy atom. The fraction of sp³-hybridized carbons (Fsp3) is 0.389. The SMILES string of the molecule is CC=CCOC(=O)C1=C(C)N[C@]2(C)C[C@H]1c1ccccc1O2. The Balaban J connectivity index is 1.98. The summed E-state index contributed by atoms with van der Waals surface area (Å²) in [6.07, 6.45) is 4.41. The Morgan fingerprint density at radius 3 is 3.05 bits per heavy atom. The van der Waals surface area contributed by atoms with Gasteiger partial charge in [-0.1, -0.05) is 30.4 Å². The zero-order valence-corrected chi connectivity index (χ0v) is 13.2. The zero-order valence-electron chi connectivity index (χ0n) is 13.2. The molecule has 0 radical (unpaired) electrons. The maximum Gasteiger partial charge on any atom is 0.336 e. The summed E-state index contributed by atoms with van der Waals surface area (Å²) in [6.45, 7) is 6.13. The molecule has 2 heterocycles. The van der Waals surface area contributed by atoms with Crippen molar-refractivity contribution in [3.8, 4) is 5.75 Å². The number of hydrogen-bond donors (Lipinski definition) is 1. The number of fused-ring (bicyclic) bond motifs is 4. The van der Waals surface area contributed by atoms with E-state index < -0.39 is 5.72 Å². The number of esters is 1. The van der Waals surface area contributed by atoms with Crippen LogP contribution >= 0.6 is 0 Å². The molecule has 0 saturated carbocycles. The van der Waals surface area contributed by atoms with Crippen LogP contribution in [0.4, 0.5) is 0 Å². The molecular weight excluding hydrogens is 278 g/mol. The molecule has 116 valence electrons. The lowest BCUT2D eigenvalue weighted by Gasteiger charge is -2.45. The molecule has 1 N–H and O–H groups in total. The summed E-state index contributed by atoms with van der Waals surface area (Å²) in [5, 5.41) is 3.32. The number of rotatable bonds is 3. The Bertz CT molecular complexity index is 662. The fourth-order valence-electron chi connectivity index (χ4n) is 3.30. The second-order valence-electron chi connectivity index (χ2n) is 5.96. The molecular formula is C18H21NO3. The van der Waals surface area contributed by atoms with Crippen molar-refractivity contribution in [2.24, 2.45) is 0 Å². The standard InChI is InChI=1S/C18H21NO3/c1-4-5-10-21-17(20)16-12(2)19-18(3)11-14(16)13-8-6-7-9-15(13)22-18/h4-9,14,19H,10-11H2,1-3H3/t14-,18-/m0/s1. The molecule has 3 rings (SSSR count). The van der Waals surface area contributed by atoms with E-state index in [2.05, 4.69) is 5.32 Å². The van der Waals surface area contributed by atoms with E-state index in [1.54, 1.807) is 0 Å². The molecule has 2 atom stereocenters. The van der Waals surface area contributed by atoms with Gasteiger partial charge in [0, 0.05) is 23.6 Å². The van der Waals surface area contributed by atoms with E-state index >= 15 is 0 Å². The number of allylic oxidation sites excluding steroid dienone is 2. The van der Waals surface area contributed by atoms with Crippen LogP contribution in [0.1, 0.15) is 38.7 Å². The molecule has 0 spiro atoms. The van der Waals surface area contributed by atoms with Gasteiger partial charge in [0.15, 0.2) is 5.72 Å². The maximum atomic E-state index is 12.5. The molecule has 0 saturated heterocycles. The summed E-state index contributed by atoms with van der Waals surface area (Å²) >= 11 is 0. The summed E-state index contributed by atoms with van der Waals surface area (Å²) in [6, 6.07) is 7.90. The predicted octanol–water partition coefficient (Wildman–Crippen LogP) is 3.27. The van der Waals surface area contributed by atoms with E-state index in [1.165, 1.54) is 0 Å². The minimum atomic E-state index is -0.476. The summed E-state index contributed by atoms with van der Waals surface area (Å²) in [7, 11) is 0. The normalized spacial score (nSPS) is 26.2. The summed E-state index contributed by atoms with van der Waals surface area (Å²) in [4.78, 5) is 12.5. The van der Waals surface area contributed by atoms with Gasteiger partial charge >= 0.3 is 5.97 Å².